The Morgan fingerprint density at radius 3 is 2.44 bits per heavy atom. The van der Waals surface area contributed by atoms with Crippen molar-refractivity contribution in [3.63, 3.8) is 0 Å². The van der Waals surface area contributed by atoms with Crippen molar-refractivity contribution in [3.8, 4) is 0 Å². The molecule has 1 aliphatic heterocycles. The van der Waals surface area contributed by atoms with Crippen molar-refractivity contribution in [2.45, 2.75) is 56.9 Å². The zero-order valence-corrected chi connectivity index (χ0v) is 17.2. The minimum absolute atomic E-state index is 0.0451. The first kappa shape index (κ1) is 18.7. The molecule has 0 spiro atoms. The number of nitrogens with zero attached hydrogens (tertiary/aromatic N) is 1. The van der Waals surface area contributed by atoms with Crippen LogP contribution in [-0.2, 0) is 16.4 Å². The largest absolute Gasteiger partial charge is 0.243 e. The average Bonchev–Trinajstić information content (AvgIpc) is 2.67. The minimum Gasteiger partial charge on any atom is -0.207 e. The van der Waals surface area contributed by atoms with Gasteiger partial charge in [-0.2, -0.15) is 4.31 Å². The molecule has 0 radical (unpaired) electrons. The average molecular weight is 384 g/mol. The van der Waals surface area contributed by atoms with Crippen LogP contribution in [0.3, 0.4) is 0 Å². The summed E-state index contributed by atoms with van der Waals surface area (Å²) in [5, 5.41) is 0. The zero-order chi connectivity index (χ0) is 19.2. The maximum atomic E-state index is 13.5. The van der Waals surface area contributed by atoms with E-state index >= 15 is 0 Å². The Bertz CT molecular complexity index is 918. The monoisotopic (exact) mass is 383 g/mol. The van der Waals surface area contributed by atoms with Crippen LogP contribution in [0.1, 0.15) is 49.3 Å². The number of aryl methyl sites for hydroxylation is 2. The minimum atomic E-state index is -3.47. The van der Waals surface area contributed by atoms with Crippen molar-refractivity contribution in [2.75, 3.05) is 6.54 Å². The van der Waals surface area contributed by atoms with Crippen molar-refractivity contribution < 1.29 is 8.42 Å². The highest BCUT2D eigenvalue weighted by molar-refractivity contribution is 7.89. The summed E-state index contributed by atoms with van der Waals surface area (Å²) in [5.41, 5.74) is 3.99. The SMILES string of the molecule is Cc1ccc(S(=O)(=O)N2C[C@@H]3CCc4ccccc4[C@H]3C[C@H]2C(C)C)cc1. The molecular formula is C23H29NO2S. The molecule has 1 heterocycles. The van der Waals surface area contributed by atoms with Crippen molar-refractivity contribution in [1.29, 1.82) is 0 Å². The molecule has 0 N–H and O–H groups in total. The number of fused-ring (bicyclic) bond motifs is 3. The van der Waals surface area contributed by atoms with E-state index in [1.54, 1.807) is 12.1 Å². The lowest BCUT2D eigenvalue weighted by atomic mass is 9.69. The Kier molecular flexibility index (Phi) is 4.89. The lowest BCUT2D eigenvalue weighted by Crippen LogP contribution is -2.52. The molecular weight excluding hydrogens is 354 g/mol. The van der Waals surface area contributed by atoms with Gasteiger partial charge in [-0.25, -0.2) is 8.42 Å². The summed E-state index contributed by atoms with van der Waals surface area (Å²) in [4.78, 5) is 0.424. The fourth-order valence-corrected chi connectivity index (χ4v) is 6.75. The van der Waals surface area contributed by atoms with Crippen LogP contribution in [0.4, 0.5) is 0 Å². The third kappa shape index (κ3) is 3.34. The lowest BCUT2D eigenvalue weighted by molar-refractivity contribution is 0.126. The van der Waals surface area contributed by atoms with Gasteiger partial charge in [0.05, 0.1) is 4.90 Å². The number of hydrogen-bond acceptors (Lipinski definition) is 2. The van der Waals surface area contributed by atoms with E-state index in [0.29, 0.717) is 29.2 Å². The smallest absolute Gasteiger partial charge is 0.207 e. The Labute approximate surface area is 163 Å². The van der Waals surface area contributed by atoms with Crippen LogP contribution in [0.2, 0.25) is 0 Å². The molecule has 27 heavy (non-hydrogen) atoms. The molecule has 0 unspecified atom stereocenters. The number of sulfonamides is 1. The first-order valence-electron chi connectivity index (χ1n) is 10.0. The van der Waals surface area contributed by atoms with Crippen molar-refractivity contribution >= 4 is 10.0 Å². The molecule has 4 heteroatoms. The number of rotatable bonds is 3. The molecule has 2 aromatic rings. The highest BCUT2D eigenvalue weighted by atomic mass is 32.2. The Morgan fingerprint density at radius 2 is 1.74 bits per heavy atom. The van der Waals surface area contributed by atoms with E-state index in [1.165, 1.54) is 11.1 Å². The van der Waals surface area contributed by atoms with Gasteiger partial charge in [-0.1, -0.05) is 55.8 Å². The van der Waals surface area contributed by atoms with E-state index < -0.39 is 10.0 Å². The van der Waals surface area contributed by atoms with E-state index in [-0.39, 0.29) is 6.04 Å². The predicted octanol–water partition coefficient (Wildman–Crippen LogP) is 4.76. The van der Waals surface area contributed by atoms with Crippen LogP contribution in [-0.4, -0.2) is 25.3 Å². The van der Waals surface area contributed by atoms with Gasteiger partial charge in [0.2, 0.25) is 10.0 Å². The van der Waals surface area contributed by atoms with Crippen molar-refractivity contribution in [3.05, 3.63) is 65.2 Å². The molecule has 1 saturated heterocycles. The second kappa shape index (κ2) is 7.06. The first-order valence-corrected chi connectivity index (χ1v) is 11.5. The summed E-state index contributed by atoms with van der Waals surface area (Å²) in [6.45, 7) is 6.92. The van der Waals surface area contributed by atoms with Gasteiger partial charge in [-0.3, -0.25) is 0 Å². The third-order valence-electron chi connectivity index (χ3n) is 6.48. The topological polar surface area (TPSA) is 37.4 Å². The molecule has 0 amide bonds. The molecule has 4 rings (SSSR count). The predicted molar refractivity (Wildman–Crippen MR) is 109 cm³/mol. The van der Waals surface area contributed by atoms with Gasteiger partial charge in [0.25, 0.3) is 0 Å². The Balaban J connectivity index is 1.70. The second-order valence-corrected chi connectivity index (χ2v) is 10.4. The van der Waals surface area contributed by atoms with Crippen LogP contribution in [0.25, 0.3) is 0 Å². The summed E-state index contributed by atoms with van der Waals surface area (Å²) in [6.07, 6.45) is 3.05. The van der Waals surface area contributed by atoms with Crippen LogP contribution in [0, 0.1) is 18.8 Å². The maximum Gasteiger partial charge on any atom is 0.243 e. The molecule has 0 bridgehead atoms. The highest BCUT2D eigenvalue weighted by Gasteiger charge is 2.44. The van der Waals surface area contributed by atoms with Crippen LogP contribution >= 0.6 is 0 Å². The summed E-state index contributed by atoms with van der Waals surface area (Å²) < 4.78 is 28.7. The Hall–Kier alpha value is -1.65. The van der Waals surface area contributed by atoms with E-state index in [4.69, 9.17) is 0 Å². The fourth-order valence-electron chi connectivity index (χ4n) is 4.93. The summed E-state index contributed by atoms with van der Waals surface area (Å²) >= 11 is 0. The van der Waals surface area contributed by atoms with Gasteiger partial charge < -0.3 is 0 Å². The van der Waals surface area contributed by atoms with E-state index in [2.05, 4.69) is 38.1 Å². The third-order valence-corrected chi connectivity index (χ3v) is 8.39. The first-order chi connectivity index (χ1) is 12.9. The summed E-state index contributed by atoms with van der Waals surface area (Å²) in [7, 11) is -3.47. The molecule has 2 aliphatic rings. The Morgan fingerprint density at radius 1 is 1.04 bits per heavy atom. The van der Waals surface area contributed by atoms with E-state index in [0.717, 1.165) is 24.8 Å². The normalized spacial score (nSPS) is 25.9. The van der Waals surface area contributed by atoms with Gasteiger partial charge in [-0.15, -0.1) is 0 Å². The van der Waals surface area contributed by atoms with E-state index in [1.807, 2.05) is 23.4 Å². The summed E-state index contributed by atoms with van der Waals surface area (Å²) in [5.74, 6) is 1.18. The number of benzene rings is 2. The highest BCUT2D eigenvalue weighted by Crippen LogP contribution is 2.46. The van der Waals surface area contributed by atoms with Crippen LogP contribution in [0.15, 0.2) is 53.4 Å². The molecule has 0 saturated carbocycles. The van der Waals surface area contributed by atoms with Gasteiger partial charge >= 0.3 is 0 Å². The second-order valence-electron chi connectivity index (χ2n) is 8.54. The molecule has 2 aromatic carbocycles. The molecule has 3 nitrogen and oxygen atoms in total. The molecule has 0 aromatic heterocycles. The van der Waals surface area contributed by atoms with Crippen molar-refractivity contribution in [1.82, 2.24) is 4.31 Å². The molecule has 1 fully saturated rings. The number of piperidine rings is 1. The molecule has 144 valence electrons. The van der Waals surface area contributed by atoms with Gasteiger partial charge in [-0.05, 0) is 67.2 Å². The molecule has 3 atom stereocenters. The standard InChI is InChI=1S/C23H29NO2S/c1-16(2)23-14-22-19(11-10-18-6-4-5-7-21(18)22)15-24(23)27(25,26)20-12-8-17(3)9-13-20/h4-9,12-13,16,19,22-23H,10-11,14-15H2,1-3H3/t19-,22-,23-/m0/s1. The summed E-state index contributed by atoms with van der Waals surface area (Å²) in [6, 6.07) is 16.1. The van der Waals surface area contributed by atoms with Gasteiger partial charge in [0.1, 0.15) is 0 Å². The lowest BCUT2D eigenvalue weighted by Gasteiger charge is -2.47. The zero-order valence-electron chi connectivity index (χ0n) is 16.4. The number of hydrogen-bond donors (Lipinski definition) is 0. The van der Waals surface area contributed by atoms with Crippen LogP contribution < -0.4 is 0 Å². The van der Waals surface area contributed by atoms with E-state index in [9.17, 15) is 8.42 Å². The van der Waals surface area contributed by atoms with Crippen LogP contribution in [0.5, 0.6) is 0 Å². The van der Waals surface area contributed by atoms with Gasteiger partial charge in [0, 0.05) is 12.6 Å². The van der Waals surface area contributed by atoms with Crippen molar-refractivity contribution in [2.24, 2.45) is 11.8 Å². The quantitative estimate of drug-likeness (QED) is 0.766. The van der Waals surface area contributed by atoms with Gasteiger partial charge in [0.15, 0.2) is 0 Å². The maximum absolute atomic E-state index is 13.5. The fraction of sp³-hybridized carbons (Fsp3) is 0.478. The molecule has 1 aliphatic carbocycles.